The van der Waals surface area contributed by atoms with Gasteiger partial charge in [-0.2, -0.15) is 0 Å². The zero-order valence-corrected chi connectivity index (χ0v) is 7.64. The van der Waals surface area contributed by atoms with Crippen LogP contribution >= 0.6 is 0 Å². The minimum Gasteiger partial charge on any atom is -0.317 e. The monoisotopic (exact) mass is 153 g/mol. The van der Waals surface area contributed by atoms with Crippen LogP contribution in [0, 0.1) is 18.3 Å². The van der Waals surface area contributed by atoms with E-state index in [1.54, 1.807) is 0 Å². The van der Waals surface area contributed by atoms with Crippen LogP contribution in [0.1, 0.15) is 39.5 Å². The standard InChI is InChI=1S/C10H19N/c1-4-7-8-9(5-2)10(11)6-3/h3,9-10H,4-5,7-8,11H2,1-2H3. The molecule has 0 bridgehead atoms. The van der Waals surface area contributed by atoms with Gasteiger partial charge in [0, 0.05) is 0 Å². The fourth-order valence-corrected chi connectivity index (χ4v) is 1.24. The minimum absolute atomic E-state index is 0.0356. The van der Waals surface area contributed by atoms with Gasteiger partial charge in [0.15, 0.2) is 0 Å². The van der Waals surface area contributed by atoms with Gasteiger partial charge in [-0.1, -0.05) is 39.0 Å². The van der Waals surface area contributed by atoms with E-state index in [1.165, 1.54) is 19.3 Å². The quantitative estimate of drug-likeness (QED) is 0.602. The molecule has 0 radical (unpaired) electrons. The molecule has 0 fully saturated rings. The summed E-state index contributed by atoms with van der Waals surface area (Å²) in [4.78, 5) is 0. The second-order valence-electron chi connectivity index (χ2n) is 3.00. The molecule has 0 saturated heterocycles. The van der Waals surface area contributed by atoms with Gasteiger partial charge in [0.1, 0.15) is 0 Å². The fraction of sp³-hybridized carbons (Fsp3) is 0.800. The molecule has 0 aromatic rings. The lowest BCUT2D eigenvalue weighted by atomic mass is 9.92. The molecular formula is C10H19N. The molecule has 11 heavy (non-hydrogen) atoms. The lowest BCUT2D eigenvalue weighted by molar-refractivity contribution is 0.419. The van der Waals surface area contributed by atoms with Gasteiger partial charge in [-0.15, -0.1) is 6.42 Å². The molecule has 2 atom stereocenters. The predicted molar refractivity (Wildman–Crippen MR) is 50.1 cm³/mol. The Hall–Kier alpha value is -0.480. The molecule has 0 spiro atoms. The van der Waals surface area contributed by atoms with E-state index in [-0.39, 0.29) is 6.04 Å². The first-order chi connectivity index (χ1) is 5.26. The molecule has 2 unspecified atom stereocenters. The van der Waals surface area contributed by atoms with Gasteiger partial charge < -0.3 is 5.73 Å². The van der Waals surface area contributed by atoms with Gasteiger partial charge in [-0.05, 0) is 12.3 Å². The molecule has 0 aliphatic carbocycles. The number of hydrogen-bond acceptors (Lipinski definition) is 1. The van der Waals surface area contributed by atoms with E-state index in [1.807, 2.05) is 0 Å². The number of hydrogen-bond donors (Lipinski definition) is 1. The van der Waals surface area contributed by atoms with E-state index < -0.39 is 0 Å². The molecule has 0 aliphatic heterocycles. The highest BCUT2D eigenvalue weighted by Crippen LogP contribution is 2.14. The fourth-order valence-electron chi connectivity index (χ4n) is 1.24. The van der Waals surface area contributed by atoms with Crippen molar-refractivity contribution in [2.24, 2.45) is 11.7 Å². The normalized spacial score (nSPS) is 15.5. The summed E-state index contributed by atoms with van der Waals surface area (Å²) in [6, 6.07) is -0.0356. The van der Waals surface area contributed by atoms with Crippen LogP contribution in [0.4, 0.5) is 0 Å². The van der Waals surface area contributed by atoms with Crippen LogP contribution in [0.15, 0.2) is 0 Å². The number of nitrogens with two attached hydrogens (primary N) is 1. The molecule has 2 N–H and O–H groups in total. The van der Waals surface area contributed by atoms with Crippen molar-refractivity contribution in [2.75, 3.05) is 0 Å². The Kier molecular flexibility index (Phi) is 5.97. The maximum absolute atomic E-state index is 5.73. The lowest BCUT2D eigenvalue weighted by Crippen LogP contribution is -2.27. The number of unbranched alkanes of at least 4 members (excludes halogenated alkanes) is 1. The van der Waals surface area contributed by atoms with E-state index in [9.17, 15) is 0 Å². The van der Waals surface area contributed by atoms with Gasteiger partial charge in [0.2, 0.25) is 0 Å². The van der Waals surface area contributed by atoms with Crippen molar-refractivity contribution < 1.29 is 0 Å². The molecule has 0 aromatic heterocycles. The van der Waals surface area contributed by atoms with Crippen molar-refractivity contribution in [3.8, 4) is 12.3 Å². The Labute approximate surface area is 70.4 Å². The van der Waals surface area contributed by atoms with Crippen molar-refractivity contribution >= 4 is 0 Å². The van der Waals surface area contributed by atoms with Crippen molar-refractivity contribution in [1.29, 1.82) is 0 Å². The van der Waals surface area contributed by atoms with Crippen molar-refractivity contribution in [3.63, 3.8) is 0 Å². The summed E-state index contributed by atoms with van der Waals surface area (Å²) in [5, 5.41) is 0. The predicted octanol–water partition coefficient (Wildman–Crippen LogP) is 2.16. The summed E-state index contributed by atoms with van der Waals surface area (Å²) >= 11 is 0. The summed E-state index contributed by atoms with van der Waals surface area (Å²) in [7, 11) is 0. The first-order valence-corrected chi connectivity index (χ1v) is 4.47. The zero-order chi connectivity index (χ0) is 8.69. The second-order valence-corrected chi connectivity index (χ2v) is 3.00. The highest BCUT2D eigenvalue weighted by atomic mass is 14.6. The minimum atomic E-state index is -0.0356. The molecule has 64 valence electrons. The van der Waals surface area contributed by atoms with E-state index in [0.29, 0.717) is 5.92 Å². The molecule has 0 aromatic carbocycles. The highest BCUT2D eigenvalue weighted by molar-refractivity contribution is 4.99. The van der Waals surface area contributed by atoms with Crippen LogP contribution in [0.25, 0.3) is 0 Å². The summed E-state index contributed by atoms with van der Waals surface area (Å²) in [5.41, 5.74) is 5.73. The van der Waals surface area contributed by atoms with E-state index in [0.717, 1.165) is 6.42 Å². The molecule has 0 rings (SSSR count). The molecule has 0 saturated carbocycles. The Balaban J connectivity index is 3.67. The van der Waals surface area contributed by atoms with Crippen molar-refractivity contribution in [3.05, 3.63) is 0 Å². The molecule has 1 nitrogen and oxygen atoms in total. The Morgan fingerprint density at radius 2 is 2.09 bits per heavy atom. The van der Waals surface area contributed by atoms with E-state index in [4.69, 9.17) is 12.2 Å². The molecule has 0 heterocycles. The summed E-state index contributed by atoms with van der Waals surface area (Å²) in [6.07, 6.45) is 10.0. The van der Waals surface area contributed by atoms with Gasteiger partial charge in [0.25, 0.3) is 0 Å². The summed E-state index contributed by atoms with van der Waals surface area (Å²) in [6.45, 7) is 4.34. The van der Waals surface area contributed by atoms with Crippen molar-refractivity contribution in [1.82, 2.24) is 0 Å². The highest BCUT2D eigenvalue weighted by Gasteiger charge is 2.11. The van der Waals surface area contributed by atoms with Gasteiger partial charge in [0.05, 0.1) is 6.04 Å². The zero-order valence-electron chi connectivity index (χ0n) is 7.64. The van der Waals surface area contributed by atoms with Crippen LogP contribution in [0.5, 0.6) is 0 Å². The first-order valence-electron chi connectivity index (χ1n) is 4.47. The maximum Gasteiger partial charge on any atom is 0.0690 e. The first kappa shape index (κ1) is 10.5. The molecule has 1 heteroatoms. The molecule has 0 aliphatic rings. The third-order valence-corrected chi connectivity index (χ3v) is 2.15. The van der Waals surface area contributed by atoms with Crippen LogP contribution in [0.3, 0.4) is 0 Å². The number of rotatable bonds is 5. The SMILES string of the molecule is C#CC(N)C(CC)CCCC. The molecular weight excluding hydrogens is 134 g/mol. The maximum atomic E-state index is 5.73. The van der Waals surface area contributed by atoms with Crippen molar-refractivity contribution in [2.45, 2.75) is 45.6 Å². The average molecular weight is 153 g/mol. The molecule has 0 amide bonds. The Bertz CT molecular complexity index is 123. The second kappa shape index (κ2) is 6.24. The van der Waals surface area contributed by atoms with Crippen LogP contribution < -0.4 is 5.73 Å². The summed E-state index contributed by atoms with van der Waals surface area (Å²) < 4.78 is 0. The van der Waals surface area contributed by atoms with E-state index in [2.05, 4.69) is 19.8 Å². The lowest BCUT2D eigenvalue weighted by Gasteiger charge is -2.17. The largest absolute Gasteiger partial charge is 0.317 e. The van der Waals surface area contributed by atoms with E-state index >= 15 is 0 Å². The smallest absolute Gasteiger partial charge is 0.0690 e. The third kappa shape index (κ3) is 4.06. The van der Waals surface area contributed by atoms with Crippen LogP contribution in [-0.4, -0.2) is 6.04 Å². The van der Waals surface area contributed by atoms with Gasteiger partial charge >= 0.3 is 0 Å². The third-order valence-electron chi connectivity index (χ3n) is 2.15. The average Bonchev–Trinajstić information content (AvgIpc) is 2.05. The van der Waals surface area contributed by atoms with Gasteiger partial charge in [-0.3, -0.25) is 0 Å². The summed E-state index contributed by atoms with van der Waals surface area (Å²) in [5.74, 6) is 3.13. The number of terminal acetylenes is 1. The van der Waals surface area contributed by atoms with Crippen LogP contribution in [0.2, 0.25) is 0 Å². The van der Waals surface area contributed by atoms with Crippen LogP contribution in [-0.2, 0) is 0 Å². The Morgan fingerprint density at radius 3 is 2.45 bits per heavy atom. The Morgan fingerprint density at radius 1 is 1.45 bits per heavy atom. The topological polar surface area (TPSA) is 26.0 Å². The van der Waals surface area contributed by atoms with Gasteiger partial charge in [-0.25, -0.2) is 0 Å².